The Hall–Kier alpha value is -3.99. The maximum absolute atomic E-state index is 13.0. The number of hydrogen-bond donors (Lipinski definition) is 1. The van der Waals surface area contributed by atoms with Crippen molar-refractivity contribution in [1.82, 2.24) is 24.7 Å². The molecule has 0 saturated heterocycles. The fourth-order valence-electron chi connectivity index (χ4n) is 3.42. The molecule has 0 fully saturated rings. The van der Waals surface area contributed by atoms with E-state index in [1.807, 2.05) is 31.2 Å². The van der Waals surface area contributed by atoms with Crippen molar-refractivity contribution in [3.63, 3.8) is 0 Å². The predicted molar refractivity (Wildman–Crippen MR) is 119 cm³/mol. The lowest BCUT2D eigenvalue weighted by Crippen LogP contribution is -2.17. The number of aromatic nitrogens is 5. The first kappa shape index (κ1) is 22.2. The molecule has 170 valence electrons. The van der Waals surface area contributed by atoms with Crippen molar-refractivity contribution >= 4 is 29.0 Å². The third kappa shape index (κ3) is 4.62. The van der Waals surface area contributed by atoms with Crippen LogP contribution in [-0.4, -0.2) is 35.5 Å². The number of nitro groups is 1. The average molecular weight is 470 g/mol. The van der Waals surface area contributed by atoms with Crippen LogP contribution >= 0.6 is 11.6 Å². The van der Waals surface area contributed by atoms with Crippen molar-refractivity contribution in [3.05, 3.63) is 85.6 Å². The minimum atomic E-state index is -0.585. The van der Waals surface area contributed by atoms with Crippen LogP contribution in [0.5, 0.6) is 0 Å². The van der Waals surface area contributed by atoms with Crippen LogP contribution in [0.1, 0.15) is 38.8 Å². The second-order valence-electron chi connectivity index (χ2n) is 7.48. The Balaban J connectivity index is 1.54. The number of halogens is 1. The molecule has 4 aromatic rings. The van der Waals surface area contributed by atoms with Crippen LogP contribution in [0.15, 0.2) is 41.1 Å². The molecule has 4 rings (SSSR count). The van der Waals surface area contributed by atoms with Gasteiger partial charge in [-0.2, -0.15) is 9.78 Å². The van der Waals surface area contributed by atoms with E-state index in [1.165, 1.54) is 16.9 Å². The van der Waals surface area contributed by atoms with E-state index in [-0.39, 0.29) is 18.1 Å². The molecule has 33 heavy (non-hydrogen) atoms. The standard InChI is InChI=1S/C21H20ClN7O4/c1-12-19(13(2)28(24-12)10-15-4-6-16(22)7-5-15)23-21(30)20-17(14(3)33-26-20)11-27-9-8-18(25-27)29(31)32/h4-9H,10-11H2,1-3H3,(H,23,30). The summed E-state index contributed by atoms with van der Waals surface area (Å²) in [6, 6.07) is 8.74. The smallest absolute Gasteiger partial charge is 0.361 e. The Morgan fingerprint density at radius 1 is 1.15 bits per heavy atom. The zero-order valence-electron chi connectivity index (χ0n) is 18.1. The summed E-state index contributed by atoms with van der Waals surface area (Å²) in [5, 5.41) is 26.7. The van der Waals surface area contributed by atoms with Gasteiger partial charge in [0.2, 0.25) is 0 Å². The monoisotopic (exact) mass is 469 g/mol. The summed E-state index contributed by atoms with van der Waals surface area (Å²) in [5.41, 5.74) is 3.59. The molecule has 0 spiro atoms. The van der Waals surface area contributed by atoms with Crippen molar-refractivity contribution in [2.45, 2.75) is 33.9 Å². The molecule has 11 nitrogen and oxygen atoms in total. The van der Waals surface area contributed by atoms with E-state index in [9.17, 15) is 14.9 Å². The number of carbonyl (C=O) groups is 1. The van der Waals surface area contributed by atoms with E-state index in [2.05, 4.69) is 20.7 Å². The maximum atomic E-state index is 13.0. The fourth-order valence-corrected chi connectivity index (χ4v) is 3.55. The van der Waals surface area contributed by atoms with Crippen molar-refractivity contribution < 1.29 is 14.2 Å². The highest BCUT2D eigenvalue weighted by atomic mass is 35.5. The Bertz CT molecular complexity index is 1340. The van der Waals surface area contributed by atoms with E-state index in [4.69, 9.17) is 16.1 Å². The van der Waals surface area contributed by atoms with Crippen molar-refractivity contribution in [3.8, 4) is 0 Å². The van der Waals surface area contributed by atoms with Gasteiger partial charge in [0, 0.05) is 5.02 Å². The number of nitrogens with zero attached hydrogens (tertiary/aromatic N) is 6. The molecule has 0 aliphatic carbocycles. The molecule has 12 heteroatoms. The molecule has 3 aromatic heterocycles. The summed E-state index contributed by atoms with van der Waals surface area (Å²) in [5.74, 6) is -0.333. The third-order valence-corrected chi connectivity index (χ3v) is 5.45. The van der Waals surface area contributed by atoms with Crippen molar-refractivity contribution in [1.29, 1.82) is 0 Å². The number of nitrogens with one attached hydrogen (secondary N) is 1. The van der Waals surface area contributed by atoms with Crippen LogP contribution in [0.4, 0.5) is 11.5 Å². The van der Waals surface area contributed by atoms with E-state index in [0.29, 0.717) is 34.3 Å². The minimum Gasteiger partial charge on any atom is -0.361 e. The van der Waals surface area contributed by atoms with E-state index in [0.717, 1.165) is 11.3 Å². The average Bonchev–Trinajstić information content (AvgIpc) is 3.46. The number of carbonyl (C=O) groups excluding carboxylic acids is 1. The van der Waals surface area contributed by atoms with Crippen LogP contribution in [0.3, 0.4) is 0 Å². The van der Waals surface area contributed by atoms with Gasteiger partial charge in [-0.1, -0.05) is 28.9 Å². The first-order valence-corrected chi connectivity index (χ1v) is 10.3. The van der Waals surface area contributed by atoms with Gasteiger partial charge in [0.1, 0.15) is 5.76 Å². The Morgan fingerprint density at radius 2 is 1.88 bits per heavy atom. The van der Waals surface area contributed by atoms with Crippen LogP contribution in [0.2, 0.25) is 5.02 Å². The molecule has 0 saturated carbocycles. The molecule has 0 aliphatic rings. The highest BCUT2D eigenvalue weighted by Gasteiger charge is 2.24. The predicted octanol–water partition coefficient (Wildman–Crippen LogP) is 3.90. The zero-order valence-corrected chi connectivity index (χ0v) is 18.8. The Morgan fingerprint density at radius 3 is 2.55 bits per heavy atom. The van der Waals surface area contributed by atoms with Crippen LogP contribution in [-0.2, 0) is 13.1 Å². The van der Waals surface area contributed by atoms with Crippen molar-refractivity contribution in [2.75, 3.05) is 5.32 Å². The van der Waals surface area contributed by atoms with E-state index in [1.54, 1.807) is 18.5 Å². The van der Waals surface area contributed by atoms with Gasteiger partial charge in [-0.05, 0) is 43.4 Å². The normalized spacial score (nSPS) is 11.0. The van der Waals surface area contributed by atoms with Crippen LogP contribution in [0, 0.1) is 30.9 Å². The fraction of sp³-hybridized carbons (Fsp3) is 0.238. The maximum Gasteiger partial charge on any atom is 0.389 e. The first-order chi connectivity index (χ1) is 15.7. The number of rotatable bonds is 7. The third-order valence-electron chi connectivity index (χ3n) is 5.20. The molecule has 1 aromatic carbocycles. The van der Waals surface area contributed by atoms with E-state index >= 15 is 0 Å². The van der Waals surface area contributed by atoms with Crippen molar-refractivity contribution in [2.24, 2.45) is 0 Å². The number of hydrogen-bond acceptors (Lipinski definition) is 7. The van der Waals surface area contributed by atoms with Gasteiger partial charge in [-0.15, -0.1) is 0 Å². The molecule has 0 atom stereocenters. The SMILES string of the molecule is Cc1nn(Cc2ccc(Cl)cc2)c(C)c1NC(=O)c1noc(C)c1Cn1ccc([N+](=O)[O-])n1. The quantitative estimate of drug-likeness (QED) is 0.320. The Labute approximate surface area is 193 Å². The summed E-state index contributed by atoms with van der Waals surface area (Å²) < 4.78 is 8.37. The van der Waals surface area contributed by atoms with Gasteiger partial charge in [-0.3, -0.25) is 9.48 Å². The van der Waals surface area contributed by atoms with Crippen LogP contribution in [0.25, 0.3) is 0 Å². The molecule has 0 radical (unpaired) electrons. The zero-order chi connectivity index (χ0) is 23.7. The molecular formula is C21H20ClN7O4. The molecule has 1 N–H and O–H groups in total. The summed E-state index contributed by atoms with van der Waals surface area (Å²) in [6.07, 6.45) is 1.46. The van der Waals surface area contributed by atoms with E-state index < -0.39 is 10.8 Å². The van der Waals surface area contributed by atoms with Gasteiger partial charge >= 0.3 is 5.82 Å². The summed E-state index contributed by atoms with van der Waals surface area (Å²) in [4.78, 5) is 23.3. The lowest BCUT2D eigenvalue weighted by Gasteiger charge is -2.07. The minimum absolute atomic E-state index is 0.0786. The van der Waals surface area contributed by atoms with Gasteiger partial charge in [-0.25, -0.2) is 0 Å². The van der Waals surface area contributed by atoms with Gasteiger partial charge in [0.05, 0.1) is 53.1 Å². The Kier molecular flexibility index (Phi) is 5.97. The second-order valence-corrected chi connectivity index (χ2v) is 7.92. The van der Waals surface area contributed by atoms with Gasteiger partial charge < -0.3 is 20.0 Å². The molecule has 0 aliphatic heterocycles. The number of amides is 1. The van der Waals surface area contributed by atoms with Crippen LogP contribution < -0.4 is 5.32 Å². The summed E-state index contributed by atoms with van der Waals surface area (Å²) >= 11 is 5.95. The highest BCUT2D eigenvalue weighted by Crippen LogP contribution is 2.23. The second kappa shape index (κ2) is 8.87. The topological polar surface area (TPSA) is 134 Å². The first-order valence-electron chi connectivity index (χ1n) is 9.95. The number of aryl methyl sites for hydroxylation is 2. The molecule has 3 heterocycles. The summed E-state index contributed by atoms with van der Waals surface area (Å²) in [6.45, 7) is 5.95. The molecule has 0 bridgehead atoms. The lowest BCUT2D eigenvalue weighted by molar-refractivity contribution is -0.389. The molecule has 1 amide bonds. The largest absolute Gasteiger partial charge is 0.389 e. The van der Waals surface area contributed by atoms with Gasteiger partial charge in [0.25, 0.3) is 5.91 Å². The number of benzene rings is 1. The summed E-state index contributed by atoms with van der Waals surface area (Å²) in [7, 11) is 0. The lowest BCUT2D eigenvalue weighted by atomic mass is 10.1. The number of anilines is 1. The highest BCUT2D eigenvalue weighted by molar-refractivity contribution is 6.30. The molecule has 0 unspecified atom stereocenters. The molecular weight excluding hydrogens is 450 g/mol. The van der Waals surface area contributed by atoms with Gasteiger partial charge in [0.15, 0.2) is 5.69 Å².